The zero-order chi connectivity index (χ0) is 15.6. The predicted molar refractivity (Wildman–Crippen MR) is 76.8 cm³/mol. The molecule has 0 radical (unpaired) electrons. The summed E-state index contributed by atoms with van der Waals surface area (Å²) in [7, 11) is 0. The number of halogens is 5. The summed E-state index contributed by atoms with van der Waals surface area (Å²) < 4.78 is 38.2. The maximum atomic E-state index is 12.7. The molecule has 2 rings (SSSR count). The molecule has 2 unspecified atom stereocenters. The Bertz CT molecular complexity index is 508. The van der Waals surface area contributed by atoms with E-state index in [1.165, 1.54) is 6.07 Å². The minimum atomic E-state index is -4.14. The van der Waals surface area contributed by atoms with Gasteiger partial charge in [0.2, 0.25) is 0 Å². The summed E-state index contributed by atoms with van der Waals surface area (Å²) >= 11 is 11.7. The van der Waals surface area contributed by atoms with Crippen molar-refractivity contribution in [2.45, 2.75) is 44.4 Å². The Morgan fingerprint density at radius 1 is 1.24 bits per heavy atom. The van der Waals surface area contributed by atoms with Gasteiger partial charge in [-0.2, -0.15) is 13.2 Å². The summed E-state index contributed by atoms with van der Waals surface area (Å²) in [6, 6.07) is 2.75. The van der Waals surface area contributed by atoms with E-state index in [9.17, 15) is 18.3 Å². The number of hydrogen-bond donors (Lipinski definition) is 2. The van der Waals surface area contributed by atoms with E-state index in [2.05, 4.69) is 5.32 Å². The monoisotopic (exact) mass is 341 g/mol. The van der Waals surface area contributed by atoms with E-state index in [4.69, 9.17) is 23.2 Å². The lowest BCUT2D eigenvalue weighted by atomic mass is 9.85. The van der Waals surface area contributed by atoms with Crippen molar-refractivity contribution >= 4 is 23.2 Å². The molecule has 1 aliphatic rings. The first-order valence-corrected chi connectivity index (χ1v) is 7.50. The second kappa shape index (κ2) is 6.63. The van der Waals surface area contributed by atoms with Crippen molar-refractivity contribution in [3.63, 3.8) is 0 Å². The van der Waals surface area contributed by atoms with E-state index < -0.39 is 12.1 Å². The van der Waals surface area contributed by atoms with Crippen molar-refractivity contribution in [3.8, 4) is 5.75 Å². The average molecular weight is 342 g/mol. The first-order valence-electron chi connectivity index (χ1n) is 6.74. The van der Waals surface area contributed by atoms with Crippen LogP contribution in [0.1, 0.15) is 31.2 Å². The van der Waals surface area contributed by atoms with Crippen LogP contribution in [-0.2, 0) is 6.54 Å². The molecule has 0 aliphatic heterocycles. The lowest BCUT2D eigenvalue weighted by molar-refractivity contribution is -0.183. The van der Waals surface area contributed by atoms with E-state index in [0.29, 0.717) is 23.4 Å². The summed E-state index contributed by atoms with van der Waals surface area (Å²) in [5.41, 5.74) is 0.488. The Morgan fingerprint density at radius 2 is 1.95 bits per heavy atom. The minimum absolute atomic E-state index is 0.0680. The smallest absolute Gasteiger partial charge is 0.391 e. The first kappa shape index (κ1) is 16.7. The minimum Gasteiger partial charge on any atom is -0.506 e. The van der Waals surface area contributed by atoms with Crippen LogP contribution < -0.4 is 5.32 Å². The van der Waals surface area contributed by atoms with Crippen molar-refractivity contribution in [1.29, 1.82) is 0 Å². The lowest BCUT2D eigenvalue weighted by Gasteiger charge is -2.31. The van der Waals surface area contributed by atoms with Crippen molar-refractivity contribution in [1.82, 2.24) is 5.32 Å². The maximum Gasteiger partial charge on any atom is 0.391 e. The summed E-state index contributed by atoms with van der Waals surface area (Å²) in [5.74, 6) is -1.34. The third-order valence-corrected chi connectivity index (χ3v) is 4.33. The highest BCUT2D eigenvalue weighted by Crippen LogP contribution is 2.38. The van der Waals surface area contributed by atoms with Crippen LogP contribution in [0.3, 0.4) is 0 Å². The van der Waals surface area contributed by atoms with Gasteiger partial charge < -0.3 is 10.4 Å². The summed E-state index contributed by atoms with van der Waals surface area (Å²) in [5, 5.41) is 13.4. The molecule has 0 amide bonds. The number of nitrogens with one attached hydrogen (secondary N) is 1. The molecule has 7 heteroatoms. The Balaban J connectivity index is 1.97. The fourth-order valence-corrected chi connectivity index (χ4v) is 3.22. The number of hydrogen-bond acceptors (Lipinski definition) is 2. The molecule has 1 fully saturated rings. The normalized spacial score (nSPS) is 23.3. The fourth-order valence-electron chi connectivity index (χ4n) is 2.68. The topological polar surface area (TPSA) is 32.3 Å². The highest BCUT2D eigenvalue weighted by Gasteiger charge is 2.42. The Hall–Kier alpha value is -0.650. The van der Waals surface area contributed by atoms with E-state index in [1.54, 1.807) is 6.07 Å². The zero-order valence-corrected chi connectivity index (χ0v) is 12.7. The molecule has 1 aromatic carbocycles. The second-order valence-electron chi connectivity index (χ2n) is 5.38. The molecule has 1 aliphatic carbocycles. The van der Waals surface area contributed by atoms with E-state index in [0.717, 1.165) is 0 Å². The van der Waals surface area contributed by atoms with E-state index >= 15 is 0 Å². The molecule has 0 spiro atoms. The Morgan fingerprint density at radius 3 is 2.62 bits per heavy atom. The zero-order valence-electron chi connectivity index (χ0n) is 11.2. The largest absolute Gasteiger partial charge is 0.506 e. The van der Waals surface area contributed by atoms with Crippen molar-refractivity contribution in [2.75, 3.05) is 0 Å². The number of benzene rings is 1. The molecule has 2 nitrogen and oxygen atoms in total. The second-order valence-corrected chi connectivity index (χ2v) is 6.22. The van der Waals surface area contributed by atoms with Crippen LogP contribution in [0.15, 0.2) is 12.1 Å². The van der Waals surface area contributed by atoms with Gasteiger partial charge in [0.25, 0.3) is 0 Å². The molecule has 1 aromatic rings. The van der Waals surface area contributed by atoms with E-state index in [1.807, 2.05) is 0 Å². The summed E-state index contributed by atoms with van der Waals surface area (Å²) in [6.45, 7) is 0.237. The maximum absolute atomic E-state index is 12.7. The van der Waals surface area contributed by atoms with Crippen molar-refractivity contribution in [3.05, 3.63) is 27.7 Å². The number of phenolic OH excluding ortho intramolecular Hbond substituents is 1. The van der Waals surface area contributed by atoms with Crippen LogP contribution >= 0.6 is 23.2 Å². The number of aromatic hydroxyl groups is 1. The molecule has 2 N–H and O–H groups in total. The molecule has 0 heterocycles. The quantitative estimate of drug-likeness (QED) is 0.818. The van der Waals surface area contributed by atoms with Crippen LogP contribution in [0.5, 0.6) is 5.75 Å². The van der Waals surface area contributed by atoms with Crippen LogP contribution in [0.25, 0.3) is 0 Å². The Labute approximate surface area is 131 Å². The lowest BCUT2D eigenvalue weighted by Crippen LogP contribution is -2.38. The fraction of sp³-hybridized carbons (Fsp3) is 0.571. The Kier molecular flexibility index (Phi) is 5.28. The standard InChI is InChI=1S/C14H16Cl2F3NO/c15-10-4-8(13(21)12(16)6-10)7-20-11-3-1-2-9(5-11)14(17,18)19/h4,6,9,11,20-21H,1-3,5,7H2. The van der Waals surface area contributed by atoms with Gasteiger partial charge in [0.15, 0.2) is 0 Å². The molecule has 0 aromatic heterocycles. The number of phenols is 1. The van der Waals surface area contributed by atoms with Gasteiger partial charge in [-0.3, -0.25) is 0 Å². The molecule has 118 valence electrons. The summed E-state index contributed by atoms with van der Waals surface area (Å²) in [6.07, 6.45) is -2.64. The van der Waals surface area contributed by atoms with Gasteiger partial charge in [-0.05, 0) is 31.4 Å². The first-order chi connectivity index (χ1) is 9.77. The predicted octanol–water partition coefficient (Wildman–Crippen LogP) is 4.91. The van der Waals surface area contributed by atoms with Gasteiger partial charge in [-0.25, -0.2) is 0 Å². The van der Waals surface area contributed by atoms with Gasteiger partial charge >= 0.3 is 6.18 Å². The third kappa shape index (κ3) is 4.41. The van der Waals surface area contributed by atoms with Gasteiger partial charge in [0.05, 0.1) is 10.9 Å². The average Bonchev–Trinajstić information content (AvgIpc) is 2.40. The third-order valence-electron chi connectivity index (χ3n) is 3.83. The molecule has 1 saturated carbocycles. The van der Waals surface area contributed by atoms with Crippen molar-refractivity contribution < 1.29 is 18.3 Å². The molecule has 0 bridgehead atoms. The van der Waals surface area contributed by atoms with Gasteiger partial charge in [-0.15, -0.1) is 0 Å². The van der Waals surface area contributed by atoms with Gasteiger partial charge in [0, 0.05) is 23.2 Å². The molecular formula is C14H16Cl2F3NO. The van der Waals surface area contributed by atoms with Crippen LogP contribution in [0, 0.1) is 5.92 Å². The van der Waals surface area contributed by atoms with Crippen LogP contribution in [0.2, 0.25) is 10.0 Å². The van der Waals surface area contributed by atoms with Gasteiger partial charge in [-0.1, -0.05) is 29.6 Å². The molecule has 21 heavy (non-hydrogen) atoms. The van der Waals surface area contributed by atoms with Crippen molar-refractivity contribution in [2.24, 2.45) is 5.92 Å². The molecule has 0 saturated heterocycles. The van der Waals surface area contributed by atoms with E-state index in [-0.39, 0.29) is 36.2 Å². The SMILES string of the molecule is Oc1c(Cl)cc(Cl)cc1CNC1CCCC(C(F)(F)F)C1. The van der Waals surface area contributed by atoms with Crippen LogP contribution in [-0.4, -0.2) is 17.3 Å². The van der Waals surface area contributed by atoms with Crippen LogP contribution in [0.4, 0.5) is 13.2 Å². The van der Waals surface area contributed by atoms with Gasteiger partial charge in [0.1, 0.15) is 5.75 Å². The number of rotatable bonds is 3. The summed E-state index contributed by atoms with van der Waals surface area (Å²) in [4.78, 5) is 0. The molecular weight excluding hydrogens is 326 g/mol. The molecule has 2 atom stereocenters. The number of alkyl halides is 3. The highest BCUT2D eigenvalue weighted by molar-refractivity contribution is 6.35. The highest BCUT2D eigenvalue weighted by atomic mass is 35.5.